The molecule has 5 rings (SSSR count). The van der Waals surface area contributed by atoms with Crippen molar-refractivity contribution in [1.82, 2.24) is 25.2 Å². The van der Waals surface area contributed by atoms with Crippen molar-refractivity contribution in [2.24, 2.45) is 5.73 Å². The summed E-state index contributed by atoms with van der Waals surface area (Å²) >= 11 is 0. The highest BCUT2D eigenvalue weighted by Crippen LogP contribution is 2.35. The van der Waals surface area contributed by atoms with Gasteiger partial charge in [0.05, 0.1) is 31.3 Å². The van der Waals surface area contributed by atoms with Crippen LogP contribution in [0.15, 0.2) is 65.4 Å². The number of nitrogens with zero attached hydrogens (tertiary/aromatic N) is 3. The van der Waals surface area contributed by atoms with Gasteiger partial charge in [0.2, 0.25) is 5.91 Å². The molecule has 3 atom stereocenters. The highest BCUT2D eigenvalue weighted by Gasteiger charge is 2.33. The predicted molar refractivity (Wildman–Crippen MR) is 165 cm³/mol. The molecular formula is C32H39N7O4. The summed E-state index contributed by atoms with van der Waals surface area (Å²) in [6.45, 7) is 6.58. The van der Waals surface area contributed by atoms with Gasteiger partial charge in [0.1, 0.15) is 17.5 Å². The molecule has 226 valence electrons. The van der Waals surface area contributed by atoms with Crippen LogP contribution in [0.5, 0.6) is 11.5 Å². The summed E-state index contributed by atoms with van der Waals surface area (Å²) in [4.78, 5) is 36.3. The maximum Gasteiger partial charge on any atom is 0.294 e. The predicted octanol–water partition coefficient (Wildman–Crippen LogP) is 2.84. The average molecular weight is 586 g/mol. The fraction of sp³-hybridized carbons (Fsp3) is 0.375. The molecule has 2 aliphatic heterocycles. The van der Waals surface area contributed by atoms with E-state index in [2.05, 4.69) is 20.9 Å². The van der Waals surface area contributed by atoms with E-state index in [0.717, 1.165) is 28.2 Å². The number of pyridine rings is 1. The number of benzene rings is 1. The average Bonchev–Trinajstić information content (AvgIpc) is 3.42. The first-order chi connectivity index (χ1) is 20.6. The SMILES string of the molecule is COc1ccc([C@@H](CNc2ncc3n(c2=O)[C@H](C(=O)NCC2(C)C=CC=C(N)N2)CC3)c2cc(C)cc(C)n2)c(OC)c1. The van der Waals surface area contributed by atoms with Gasteiger partial charge in [0, 0.05) is 48.2 Å². The van der Waals surface area contributed by atoms with E-state index >= 15 is 0 Å². The number of anilines is 1. The number of rotatable bonds is 10. The standard InChI is InChI=1S/C32H39N7O4/c1-19-13-20(2)37-25(14-19)24(23-10-9-22(42-4)15-27(23)43-5)17-35-29-31(41)39-21(16-34-29)8-11-26(39)30(40)36-18-32(3)12-6-7-28(33)38-32/h6-7,9-10,12-16,24,26,38H,8,11,17-18,33H2,1-5H3,(H,34,35)(H,36,40)/t24-,26+,32?/m1/s1. The second kappa shape index (κ2) is 12.2. The maximum atomic E-state index is 13.7. The summed E-state index contributed by atoms with van der Waals surface area (Å²) in [5, 5.41) is 9.45. The van der Waals surface area contributed by atoms with Crippen LogP contribution in [-0.2, 0) is 11.2 Å². The number of allylic oxidation sites excluding steroid dienone is 2. The number of amides is 1. The minimum atomic E-state index is -0.631. The van der Waals surface area contributed by atoms with Crippen LogP contribution in [0.2, 0.25) is 0 Å². The molecule has 1 aromatic carbocycles. The van der Waals surface area contributed by atoms with Crippen LogP contribution >= 0.6 is 0 Å². The first kappa shape index (κ1) is 29.7. The van der Waals surface area contributed by atoms with Crippen LogP contribution < -0.4 is 36.7 Å². The molecule has 0 spiro atoms. The number of carbonyl (C=O) groups excluding carboxylic acids is 1. The van der Waals surface area contributed by atoms with Crippen LogP contribution in [-0.4, -0.2) is 53.3 Å². The van der Waals surface area contributed by atoms with Gasteiger partial charge in [0.25, 0.3) is 5.56 Å². The molecule has 1 amide bonds. The van der Waals surface area contributed by atoms with Gasteiger partial charge in [-0.2, -0.15) is 0 Å². The summed E-state index contributed by atoms with van der Waals surface area (Å²) in [5.74, 6) is 1.54. The quantitative estimate of drug-likeness (QED) is 0.282. The Morgan fingerprint density at radius 3 is 2.77 bits per heavy atom. The Hall–Kier alpha value is -4.80. The van der Waals surface area contributed by atoms with Gasteiger partial charge in [0.15, 0.2) is 5.82 Å². The summed E-state index contributed by atoms with van der Waals surface area (Å²) in [6.07, 6.45) is 8.36. The normalized spacial score (nSPS) is 19.6. The van der Waals surface area contributed by atoms with E-state index < -0.39 is 11.6 Å². The number of nitrogens with one attached hydrogen (secondary N) is 3. The molecule has 3 aromatic rings. The molecule has 0 saturated heterocycles. The summed E-state index contributed by atoms with van der Waals surface area (Å²) in [7, 11) is 3.22. The number of methoxy groups -OCH3 is 2. The molecule has 0 saturated carbocycles. The molecule has 2 aliphatic rings. The summed E-state index contributed by atoms with van der Waals surface area (Å²) < 4.78 is 12.7. The Morgan fingerprint density at radius 2 is 2.05 bits per heavy atom. The van der Waals surface area contributed by atoms with Gasteiger partial charge in [-0.3, -0.25) is 19.1 Å². The number of dihydropyridines is 1. The van der Waals surface area contributed by atoms with Crippen molar-refractivity contribution in [3.8, 4) is 11.5 Å². The summed E-state index contributed by atoms with van der Waals surface area (Å²) in [6, 6.07) is 9.09. The van der Waals surface area contributed by atoms with Gasteiger partial charge >= 0.3 is 0 Å². The van der Waals surface area contributed by atoms with Crippen molar-refractivity contribution < 1.29 is 14.3 Å². The molecule has 2 aromatic heterocycles. The third-order valence-electron chi connectivity index (χ3n) is 7.93. The molecule has 0 fully saturated rings. The minimum absolute atomic E-state index is 0.173. The molecule has 4 heterocycles. The Balaban J connectivity index is 1.40. The van der Waals surface area contributed by atoms with Crippen LogP contribution in [0, 0.1) is 13.8 Å². The molecule has 1 unspecified atom stereocenters. The molecule has 0 aliphatic carbocycles. The molecule has 11 heteroatoms. The van der Waals surface area contributed by atoms with Crippen molar-refractivity contribution in [1.29, 1.82) is 0 Å². The van der Waals surface area contributed by atoms with Crippen LogP contribution in [0.4, 0.5) is 5.82 Å². The van der Waals surface area contributed by atoms with Crippen molar-refractivity contribution in [2.45, 2.75) is 51.1 Å². The van der Waals surface area contributed by atoms with E-state index in [1.54, 1.807) is 31.1 Å². The fourth-order valence-corrected chi connectivity index (χ4v) is 5.81. The van der Waals surface area contributed by atoms with Crippen LogP contribution in [0.25, 0.3) is 0 Å². The lowest BCUT2D eigenvalue weighted by Gasteiger charge is -2.31. The lowest BCUT2D eigenvalue weighted by atomic mass is 9.93. The van der Waals surface area contributed by atoms with Gasteiger partial charge in [-0.05, 0) is 63.5 Å². The van der Waals surface area contributed by atoms with Crippen molar-refractivity contribution >= 4 is 11.7 Å². The van der Waals surface area contributed by atoms with E-state index in [9.17, 15) is 9.59 Å². The smallest absolute Gasteiger partial charge is 0.294 e. The fourth-order valence-electron chi connectivity index (χ4n) is 5.81. The molecule has 0 radical (unpaired) electrons. The van der Waals surface area contributed by atoms with Crippen LogP contribution in [0.3, 0.4) is 0 Å². The lowest BCUT2D eigenvalue weighted by molar-refractivity contribution is -0.124. The second-order valence-electron chi connectivity index (χ2n) is 11.3. The molecule has 43 heavy (non-hydrogen) atoms. The second-order valence-corrected chi connectivity index (χ2v) is 11.3. The Bertz CT molecular complexity index is 1630. The highest BCUT2D eigenvalue weighted by atomic mass is 16.5. The number of nitrogens with two attached hydrogens (primary N) is 1. The molecule has 0 bridgehead atoms. The van der Waals surface area contributed by atoms with Gasteiger partial charge in [-0.25, -0.2) is 4.98 Å². The number of aryl methyl sites for hydroxylation is 3. The van der Waals surface area contributed by atoms with Crippen molar-refractivity contribution in [3.05, 3.63) is 99.1 Å². The highest BCUT2D eigenvalue weighted by molar-refractivity contribution is 5.81. The lowest BCUT2D eigenvalue weighted by Crippen LogP contribution is -2.52. The summed E-state index contributed by atoms with van der Waals surface area (Å²) in [5.41, 5.74) is 9.49. The van der Waals surface area contributed by atoms with E-state index in [1.807, 2.05) is 63.3 Å². The van der Waals surface area contributed by atoms with Crippen molar-refractivity contribution in [3.63, 3.8) is 0 Å². The molecule has 11 nitrogen and oxygen atoms in total. The molecular weight excluding hydrogens is 546 g/mol. The maximum absolute atomic E-state index is 13.7. The largest absolute Gasteiger partial charge is 0.497 e. The third kappa shape index (κ3) is 6.35. The zero-order valence-corrected chi connectivity index (χ0v) is 25.2. The Kier molecular flexibility index (Phi) is 8.43. The first-order valence-corrected chi connectivity index (χ1v) is 14.3. The van der Waals surface area contributed by atoms with Crippen molar-refractivity contribution in [2.75, 3.05) is 32.6 Å². The van der Waals surface area contributed by atoms with Crippen LogP contribution in [0.1, 0.15) is 53.5 Å². The van der Waals surface area contributed by atoms with Gasteiger partial charge < -0.3 is 31.2 Å². The van der Waals surface area contributed by atoms with E-state index in [1.165, 1.54) is 0 Å². The Labute approximate surface area is 251 Å². The number of hydrogen-bond acceptors (Lipinski definition) is 9. The number of aromatic nitrogens is 3. The topological polar surface area (TPSA) is 145 Å². The number of ether oxygens (including phenoxy) is 2. The first-order valence-electron chi connectivity index (χ1n) is 14.3. The number of hydrogen-bond donors (Lipinski definition) is 4. The zero-order chi connectivity index (χ0) is 30.7. The van der Waals surface area contributed by atoms with E-state index in [0.29, 0.717) is 43.3 Å². The van der Waals surface area contributed by atoms with E-state index in [-0.39, 0.29) is 23.2 Å². The van der Waals surface area contributed by atoms with E-state index in [4.69, 9.17) is 20.2 Å². The third-order valence-corrected chi connectivity index (χ3v) is 7.93. The zero-order valence-electron chi connectivity index (χ0n) is 25.2. The Morgan fingerprint density at radius 1 is 1.23 bits per heavy atom. The number of fused-ring (bicyclic) bond motifs is 1. The van der Waals surface area contributed by atoms with Gasteiger partial charge in [-0.15, -0.1) is 0 Å². The number of carbonyl (C=O) groups is 1. The molecule has 5 N–H and O–H groups in total. The monoisotopic (exact) mass is 585 g/mol. The van der Waals surface area contributed by atoms with Gasteiger partial charge in [-0.1, -0.05) is 18.2 Å². The minimum Gasteiger partial charge on any atom is -0.497 e.